The quantitative estimate of drug-likeness (QED) is 0.638. The summed E-state index contributed by atoms with van der Waals surface area (Å²) in [6.45, 7) is 4.11. The number of rotatable bonds is 5. The number of hydrogen-bond donors (Lipinski definition) is 3. The van der Waals surface area contributed by atoms with Gasteiger partial charge in [-0.2, -0.15) is 9.97 Å². The molecule has 4 N–H and O–H groups in total. The number of hydrogen-bond acceptors (Lipinski definition) is 8. The second-order valence-corrected chi connectivity index (χ2v) is 6.11. The largest absolute Gasteiger partial charge is 0.383 e. The van der Waals surface area contributed by atoms with Gasteiger partial charge < -0.3 is 25.8 Å². The number of nitrogens with two attached hydrogens (primary N) is 1. The van der Waals surface area contributed by atoms with Crippen LogP contribution < -0.4 is 21.3 Å². The summed E-state index contributed by atoms with van der Waals surface area (Å²) in [4.78, 5) is 11.0. The number of nitrogens with zero attached hydrogens (tertiary/aromatic N) is 4. The number of anilines is 3. The molecule has 0 atom stereocenters. The van der Waals surface area contributed by atoms with E-state index in [2.05, 4.69) is 30.7 Å². The van der Waals surface area contributed by atoms with Gasteiger partial charge >= 0.3 is 0 Å². The summed E-state index contributed by atoms with van der Waals surface area (Å²) in [6.07, 6.45) is 0. The van der Waals surface area contributed by atoms with Crippen LogP contribution in [0.2, 0.25) is 0 Å². The maximum absolute atomic E-state index is 5.95. The average molecular weight is 351 g/mol. The van der Waals surface area contributed by atoms with Crippen LogP contribution in [-0.2, 0) is 6.54 Å². The average Bonchev–Trinajstić information content (AvgIpc) is 3.16. The zero-order valence-corrected chi connectivity index (χ0v) is 14.4. The molecule has 0 bridgehead atoms. The summed E-state index contributed by atoms with van der Waals surface area (Å²) >= 11 is 0. The highest BCUT2D eigenvalue weighted by molar-refractivity contribution is 5.58. The summed E-state index contributed by atoms with van der Waals surface area (Å²) in [6, 6.07) is 13.6. The van der Waals surface area contributed by atoms with E-state index in [-0.39, 0.29) is 0 Å². The van der Waals surface area contributed by atoms with Gasteiger partial charge in [-0.05, 0) is 0 Å². The maximum Gasteiger partial charge on any atom is 0.226 e. The van der Waals surface area contributed by atoms with E-state index in [1.807, 2.05) is 36.4 Å². The molecule has 0 aliphatic carbocycles. The summed E-state index contributed by atoms with van der Waals surface area (Å²) in [5, 5.41) is 10.6. The highest BCUT2D eigenvalue weighted by Gasteiger charge is 2.14. The highest BCUT2D eigenvalue weighted by Crippen LogP contribution is 2.20. The van der Waals surface area contributed by atoms with Gasteiger partial charge in [-0.15, -0.1) is 0 Å². The lowest BCUT2D eigenvalue weighted by Crippen LogP contribution is -2.44. The number of benzene rings is 1. The molecule has 3 aromatic rings. The van der Waals surface area contributed by atoms with Crippen LogP contribution in [-0.4, -0.2) is 41.3 Å². The van der Waals surface area contributed by atoms with Crippen LogP contribution in [0.3, 0.4) is 0 Å². The van der Waals surface area contributed by atoms with E-state index in [4.69, 9.17) is 10.3 Å². The minimum absolute atomic E-state index is 0.435. The molecule has 1 aliphatic heterocycles. The minimum atomic E-state index is 0.435. The summed E-state index contributed by atoms with van der Waals surface area (Å²) < 4.78 is 5.40. The van der Waals surface area contributed by atoms with Gasteiger partial charge in [0, 0.05) is 43.9 Å². The molecule has 0 radical (unpaired) electrons. The molecule has 0 spiro atoms. The Morgan fingerprint density at radius 2 is 1.92 bits per heavy atom. The van der Waals surface area contributed by atoms with Gasteiger partial charge in [-0.1, -0.05) is 35.5 Å². The maximum atomic E-state index is 5.95. The van der Waals surface area contributed by atoms with Crippen LogP contribution in [0.5, 0.6) is 0 Å². The van der Waals surface area contributed by atoms with Gasteiger partial charge in [0.25, 0.3) is 0 Å². The van der Waals surface area contributed by atoms with Crippen molar-refractivity contribution in [3.63, 3.8) is 0 Å². The molecule has 1 aliphatic rings. The summed E-state index contributed by atoms with van der Waals surface area (Å²) in [7, 11) is 0. The summed E-state index contributed by atoms with van der Waals surface area (Å²) in [5.41, 5.74) is 7.77. The van der Waals surface area contributed by atoms with Gasteiger partial charge in [0.15, 0.2) is 5.76 Å². The van der Waals surface area contributed by atoms with E-state index < -0.39 is 0 Å². The van der Waals surface area contributed by atoms with E-state index in [9.17, 15) is 0 Å². The van der Waals surface area contributed by atoms with Crippen molar-refractivity contribution in [3.8, 4) is 11.3 Å². The predicted octanol–water partition coefficient (Wildman–Crippen LogP) is 1.74. The van der Waals surface area contributed by atoms with Gasteiger partial charge in [-0.3, -0.25) is 0 Å². The van der Waals surface area contributed by atoms with E-state index in [0.29, 0.717) is 24.1 Å². The van der Waals surface area contributed by atoms with Gasteiger partial charge in [0.2, 0.25) is 5.95 Å². The van der Waals surface area contributed by atoms with Crippen molar-refractivity contribution < 1.29 is 4.52 Å². The van der Waals surface area contributed by atoms with Crippen molar-refractivity contribution in [2.45, 2.75) is 6.54 Å². The second-order valence-electron chi connectivity index (χ2n) is 6.11. The molecular weight excluding hydrogens is 330 g/mol. The first-order valence-electron chi connectivity index (χ1n) is 8.63. The van der Waals surface area contributed by atoms with Crippen molar-refractivity contribution >= 4 is 17.6 Å². The number of aromatic nitrogens is 3. The van der Waals surface area contributed by atoms with Crippen molar-refractivity contribution in [2.24, 2.45) is 0 Å². The van der Waals surface area contributed by atoms with E-state index in [0.717, 1.165) is 43.3 Å². The lowest BCUT2D eigenvalue weighted by atomic mass is 10.1. The zero-order chi connectivity index (χ0) is 17.8. The lowest BCUT2D eigenvalue weighted by molar-refractivity contribution is 0.390. The van der Waals surface area contributed by atoms with Crippen molar-refractivity contribution in [1.29, 1.82) is 0 Å². The molecule has 0 amide bonds. The number of piperazine rings is 1. The molecule has 8 heteroatoms. The third-order valence-electron chi connectivity index (χ3n) is 4.22. The number of nitrogen functional groups attached to an aromatic ring is 1. The predicted molar refractivity (Wildman–Crippen MR) is 101 cm³/mol. The Hall–Kier alpha value is -3.13. The first-order chi connectivity index (χ1) is 12.8. The molecule has 1 aromatic carbocycles. The van der Waals surface area contributed by atoms with E-state index in [1.54, 1.807) is 6.07 Å². The number of nitrogens with one attached hydrogen (secondary N) is 2. The Morgan fingerprint density at radius 3 is 2.73 bits per heavy atom. The molecule has 134 valence electrons. The zero-order valence-electron chi connectivity index (χ0n) is 14.4. The van der Waals surface area contributed by atoms with Crippen LogP contribution in [0.1, 0.15) is 5.76 Å². The molecule has 4 rings (SSSR count). The Balaban J connectivity index is 1.45. The van der Waals surface area contributed by atoms with E-state index >= 15 is 0 Å². The van der Waals surface area contributed by atoms with Crippen molar-refractivity contribution in [1.82, 2.24) is 20.4 Å². The van der Waals surface area contributed by atoms with Gasteiger partial charge in [0.1, 0.15) is 17.3 Å². The monoisotopic (exact) mass is 351 g/mol. The Kier molecular flexibility index (Phi) is 4.65. The van der Waals surface area contributed by atoms with Crippen molar-refractivity contribution in [2.75, 3.05) is 42.1 Å². The molecule has 26 heavy (non-hydrogen) atoms. The summed E-state index contributed by atoms with van der Waals surface area (Å²) in [5.74, 6) is 2.47. The minimum Gasteiger partial charge on any atom is -0.383 e. The molecule has 8 nitrogen and oxygen atoms in total. The van der Waals surface area contributed by atoms with E-state index in [1.165, 1.54) is 0 Å². The third kappa shape index (κ3) is 3.75. The molecule has 0 saturated carbocycles. The smallest absolute Gasteiger partial charge is 0.226 e. The fourth-order valence-electron chi connectivity index (χ4n) is 2.90. The Labute approximate surface area is 151 Å². The van der Waals surface area contributed by atoms with Crippen LogP contribution in [0.4, 0.5) is 17.6 Å². The molecule has 0 unspecified atom stereocenters. The Morgan fingerprint density at radius 1 is 1.12 bits per heavy atom. The van der Waals surface area contributed by atoms with Crippen molar-refractivity contribution in [3.05, 3.63) is 48.2 Å². The SMILES string of the molecule is Nc1cc(N2CCNCC2)nc(NCc2cc(-c3ccccc3)no2)n1. The third-order valence-corrected chi connectivity index (χ3v) is 4.22. The van der Waals surface area contributed by atoms with Crippen LogP contribution >= 0.6 is 0 Å². The fourth-order valence-corrected chi connectivity index (χ4v) is 2.90. The van der Waals surface area contributed by atoms with Crippen LogP contribution in [0.15, 0.2) is 47.0 Å². The normalized spacial score (nSPS) is 14.4. The first-order valence-corrected chi connectivity index (χ1v) is 8.63. The van der Waals surface area contributed by atoms with Crippen LogP contribution in [0, 0.1) is 0 Å². The molecular formula is C18H21N7O. The lowest BCUT2D eigenvalue weighted by Gasteiger charge is -2.28. The fraction of sp³-hybridized carbons (Fsp3) is 0.278. The molecule has 1 fully saturated rings. The van der Waals surface area contributed by atoms with Gasteiger partial charge in [0.05, 0.1) is 6.54 Å². The highest BCUT2D eigenvalue weighted by atomic mass is 16.5. The Bertz CT molecular complexity index is 859. The molecule has 3 heterocycles. The molecule has 2 aromatic heterocycles. The van der Waals surface area contributed by atoms with Crippen LogP contribution in [0.25, 0.3) is 11.3 Å². The standard InChI is InChI=1S/C18H21N7O/c19-16-11-17(25-8-6-20-7-9-25)23-18(22-16)21-12-14-10-15(24-26-14)13-4-2-1-3-5-13/h1-5,10-11,20H,6-9,12H2,(H3,19,21,22,23). The van der Waals surface area contributed by atoms with Gasteiger partial charge in [-0.25, -0.2) is 0 Å². The molecule has 1 saturated heterocycles. The topological polar surface area (TPSA) is 105 Å². The second kappa shape index (κ2) is 7.40. The first kappa shape index (κ1) is 16.3.